The molecule has 4 heteroatoms. The molecule has 0 saturated carbocycles. The number of para-hydroxylation sites is 1. The van der Waals surface area contributed by atoms with E-state index in [9.17, 15) is 0 Å². The van der Waals surface area contributed by atoms with Crippen molar-refractivity contribution in [1.82, 2.24) is 0 Å². The Kier molecular flexibility index (Phi) is 4.14. The fraction of sp³-hybridized carbons (Fsp3) is 0.300. The van der Waals surface area contributed by atoms with E-state index in [1.54, 1.807) is 14.2 Å². The van der Waals surface area contributed by atoms with Gasteiger partial charge in [0, 0.05) is 0 Å². The molecule has 3 nitrogen and oxygen atoms in total. The molecule has 1 aromatic rings. The molecule has 0 saturated heterocycles. The van der Waals surface area contributed by atoms with Crippen LogP contribution in [0.4, 0.5) is 0 Å². The van der Waals surface area contributed by atoms with E-state index >= 15 is 0 Å². The number of benzene rings is 1. The molecule has 1 aromatic carbocycles. The van der Waals surface area contributed by atoms with Gasteiger partial charge in [0.1, 0.15) is 0 Å². The lowest BCUT2D eigenvalue weighted by atomic mass is 10.3. The van der Waals surface area contributed by atoms with E-state index in [-0.39, 0.29) is 0 Å². The summed E-state index contributed by atoms with van der Waals surface area (Å²) >= 11 is 1.44. The smallest absolute Gasteiger partial charge is 0.264 e. The van der Waals surface area contributed by atoms with Gasteiger partial charge in [0.25, 0.3) is 5.88 Å². The maximum atomic E-state index is 6.71. The first-order chi connectivity index (χ1) is 6.83. The summed E-state index contributed by atoms with van der Waals surface area (Å²) in [6, 6.07) is 5.63. The normalized spacial score (nSPS) is 9.21. The van der Waals surface area contributed by atoms with Crippen LogP contribution in [0.3, 0.4) is 0 Å². The van der Waals surface area contributed by atoms with Gasteiger partial charge >= 0.3 is 0 Å². The Morgan fingerprint density at radius 1 is 1.36 bits per heavy atom. The van der Waals surface area contributed by atoms with Crippen LogP contribution < -0.4 is 9.47 Å². The number of rotatable bonds is 4. The van der Waals surface area contributed by atoms with Gasteiger partial charge in [-0.05, 0) is 23.9 Å². The molecule has 0 aliphatic rings. The summed E-state index contributed by atoms with van der Waals surface area (Å²) in [5.41, 5.74) is 0. The lowest BCUT2D eigenvalue weighted by Crippen LogP contribution is -1.92. The van der Waals surface area contributed by atoms with Gasteiger partial charge in [0.15, 0.2) is 11.5 Å². The van der Waals surface area contributed by atoms with Crippen molar-refractivity contribution in [3.63, 3.8) is 0 Å². The van der Waals surface area contributed by atoms with Crippen LogP contribution in [0, 0.1) is 6.57 Å². The van der Waals surface area contributed by atoms with Gasteiger partial charge in [-0.3, -0.25) is 0 Å². The van der Waals surface area contributed by atoms with E-state index < -0.39 is 0 Å². The van der Waals surface area contributed by atoms with Crippen LogP contribution in [-0.2, 0) is 0 Å². The van der Waals surface area contributed by atoms with Crippen molar-refractivity contribution in [2.45, 2.75) is 4.90 Å². The van der Waals surface area contributed by atoms with E-state index in [2.05, 4.69) is 4.85 Å². The third kappa shape index (κ3) is 2.33. The Labute approximate surface area is 87.8 Å². The SMILES string of the molecule is [C-]#[N+]CSc1cccc(OC)c1OC. The molecular formula is C10H11NO2S. The Morgan fingerprint density at radius 3 is 2.71 bits per heavy atom. The van der Waals surface area contributed by atoms with Crippen LogP contribution in [-0.4, -0.2) is 20.1 Å². The number of methoxy groups -OCH3 is 2. The van der Waals surface area contributed by atoms with Crippen molar-refractivity contribution in [2.24, 2.45) is 0 Å². The van der Waals surface area contributed by atoms with E-state index in [0.29, 0.717) is 17.4 Å². The molecule has 0 amide bonds. The van der Waals surface area contributed by atoms with Gasteiger partial charge in [-0.15, -0.1) is 0 Å². The zero-order chi connectivity index (χ0) is 10.4. The minimum absolute atomic E-state index is 0.392. The lowest BCUT2D eigenvalue weighted by Gasteiger charge is -2.09. The first-order valence-electron chi connectivity index (χ1n) is 4.00. The maximum Gasteiger partial charge on any atom is 0.264 e. The highest BCUT2D eigenvalue weighted by Gasteiger charge is 2.10. The van der Waals surface area contributed by atoms with Gasteiger partial charge < -0.3 is 14.3 Å². The monoisotopic (exact) mass is 209 g/mol. The van der Waals surface area contributed by atoms with Crippen molar-refractivity contribution < 1.29 is 9.47 Å². The zero-order valence-corrected chi connectivity index (χ0v) is 8.93. The fourth-order valence-corrected chi connectivity index (χ4v) is 1.77. The van der Waals surface area contributed by atoms with Crippen LogP contribution >= 0.6 is 11.8 Å². The lowest BCUT2D eigenvalue weighted by molar-refractivity contribution is 0.348. The van der Waals surface area contributed by atoms with Crippen LogP contribution in [0.5, 0.6) is 11.5 Å². The number of thioether (sulfide) groups is 1. The molecule has 0 radical (unpaired) electrons. The zero-order valence-electron chi connectivity index (χ0n) is 8.11. The highest BCUT2D eigenvalue weighted by molar-refractivity contribution is 7.99. The van der Waals surface area contributed by atoms with Crippen LogP contribution in [0.1, 0.15) is 0 Å². The van der Waals surface area contributed by atoms with Crippen molar-refractivity contribution in [3.05, 3.63) is 29.6 Å². The average molecular weight is 209 g/mol. The summed E-state index contributed by atoms with van der Waals surface area (Å²) in [4.78, 5) is 4.21. The molecule has 0 unspecified atom stereocenters. The molecule has 0 spiro atoms. The first kappa shape index (κ1) is 10.7. The second-order valence-electron chi connectivity index (χ2n) is 2.42. The average Bonchev–Trinajstić information content (AvgIpc) is 2.25. The molecule has 0 heterocycles. The van der Waals surface area contributed by atoms with E-state index in [1.807, 2.05) is 18.2 Å². The molecule has 0 fully saturated rings. The number of ether oxygens (including phenoxy) is 2. The van der Waals surface area contributed by atoms with Gasteiger partial charge in [-0.25, -0.2) is 6.57 Å². The molecule has 74 valence electrons. The molecule has 0 aliphatic carbocycles. The van der Waals surface area contributed by atoms with Gasteiger partial charge in [0.05, 0.1) is 19.1 Å². The summed E-state index contributed by atoms with van der Waals surface area (Å²) in [5, 5.41) is 0. The summed E-state index contributed by atoms with van der Waals surface area (Å²) < 4.78 is 10.4. The van der Waals surface area contributed by atoms with Crippen molar-refractivity contribution >= 4 is 11.8 Å². The van der Waals surface area contributed by atoms with Crippen LogP contribution in [0.2, 0.25) is 0 Å². The van der Waals surface area contributed by atoms with Gasteiger partial charge in [-0.2, -0.15) is 0 Å². The predicted molar refractivity (Wildman–Crippen MR) is 56.9 cm³/mol. The van der Waals surface area contributed by atoms with Crippen molar-refractivity contribution in [1.29, 1.82) is 0 Å². The number of nitrogens with zero attached hydrogens (tertiary/aromatic N) is 1. The molecule has 14 heavy (non-hydrogen) atoms. The predicted octanol–water partition coefficient (Wildman–Crippen LogP) is 2.67. The summed E-state index contributed by atoms with van der Waals surface area (Å²) in [7, 11) is 3.20. The second-order valence-corrected chi connectivity index (χ2v) is 3.41. The van der Waals surface area contributed by atoms with E-state index in [4.69, 9.17) is 16.0 Å². The van der Waals surface area contributed by atoms with Crippen molar-refractivity contribution in [2.75, 3.05) is 20.1 Å². The van der Waals surface area contributed by atoms with Crippen molar-refractivity contribution in [3.8, 4) is 11.5 Å². The highest BCUT2D eigenvalue weighted by Crippen LogP contribution is 2.37. The number of hydrogen-bond acceptors (Lipinski definition) is 3. The Bertz CT molecular complexity index is 346. The molecule has 0 bridgehead atoms. The summed E-state index contributed by atoms with van der Waals surface area (Å²) in [5.74, 6) is 1.79. The minimum atomic E-state index is 0.392. The molecule has 0 aromatic heterocycles. The molecular weight excluding hydrogens is 198 g/mol. The first-order valence-corrected chi connectivity index (χ1v) is 4.99. The third-order valence-corrected chi connectivity index (χ3v) is 2.54. The minimum Gasteiger partial charge on any atom is -0.493 e. The fourth-order valence-electron chi connectivity index (χ4n) is 1.07. The Hall–Kier alpha value is -1.34. The quantitative estimate of drug-likeness (QED) is 0.562. The maximum absolute atomic E-state index is 6.71. The summed E-state index contributed by atoms with van der Waals surface area (Å²) in [6.45, 7) is 6.71. The topological polar surface area (TPSA) is 22.8 Å². The molecule has 0 atom stereocenters. The summed E-state index contributed by atoms with van der Waals surface area (Å²) in [6.07, 6.45) is 0. The third-order valence-electron chi connectivity index (χ3n) is 1.65. The molecule has 0 N–H and O–H groups in total. The van der Waals surface area contributed by atoms with Gasteiger partial charge in [0.2, 0.25) is 0 Å². The largest absolute Gasteiger partial charge is 0.493 e. The highest BCUT2D eigenvalue weighted by atomic mass is 32.2. The molecule has 1 rings (SSSR count). The second kappa shape index (κ2) is 5.40. The molecule has 0 aliphatic heterocycles. The van der Waals surface area contributed by atoms with Crippen LogP contribution in [0.25, 0.3) is 4.85 Å². The van der Waals surface area contributed by atoms with E-state index in [1.165, 1.54) is 11.8 Å². The Morgan fingerprint density at radius 2 is 2.14 bits per heavy atom. The number of hydrogen-bond donors (Lipinski definition) is 0. The van der Waals surface area contributed by atoms with Gasteiger partial charge in [-0.1, -0.05) is 6.07 Å². The standard InChI is InChI=1S/C10H11NO2S/c1-11-7-14-9-6-4-5-8(12-2)10(9)13-3/h4-6H,7H2,2-3H3. The Balaban J connectivity index is 2.97. The van der Waals surface area contributed by atoms with E-state index in [0.717, 1.165) is 4.90 Å². The van der Waals surface area contributed by atoms with Crippen LogP contribution in [0.15, 0.2) is 23.1 Å².